The Morgan fingerprint density at radius 3 is 2.55 bits per heavy atom. The van der Waals surface area contributed by atoms with Crippen LogP contribution in [-0.2, 0) is 0 Å². The van der Waals surface area contributed by atoms with Gasteiger partial charge in [0.2, 0.25) is 0 Å². The molecule has 0 saturated heterocycles. The highest BCUT2D eigenvalue weighted by Crippen LogP contribution is 2.24. The highest BCUT2D eigenvalue weighted by Gasteiger charge is 2.05. The summed E-state index contributed by atoms with van der Waals surface area (Å²) in [5.41, 5.74) is 3.22. The monoisotopic (exact) mass is 322 g/mol. The molecule has 3 heteroatoms. The molecule has 2 nitrogen and oxygen atoms in total. The first-order valence-corrected chi connectivity index (χ1v) is 7.23. The van der Waals surface area contributed by atoms with Crippen LogP contribution in [0.3, 0.4) is 0 Å². The molecule has 0 spiro atoms. The first kappa shape index (κ1) is 11.7. The lowest BCUT2D eigenvalue weighted by Gasteiger charge is -1.98. The summed E-state index contributed by atoms with van der Waals surface area (Å²) in [7, 11) is 0. The Hall–Kier alpha value is -2.13. The van der Waals surface area contributed by atoms with Gasteiger partial charge in [-0.25, -0.2) is 4.52 Å². The molecule has 0 N–H and O–H groups in total. The van der Waals surface area contributed by atoms with Crippen LogP contribution in [0.2, 0.25) is 0 Å². The summed E-state index contributed by atoms with van der Waals surface area (Å²) in [6.45, 7) is 0. The minimum atomic E-state index is 0.988. The number of nitrogens with zero attached hydrogens (tertiary/aromatic N) is 2. The van der Waals surface area contributed by atoms with E-state index in [0.29, 0.717) is 0 Å². The minimum Gasteiger partial charge on any atom is -0.240 e. The van der Waals surface area contributed by atoms with Crippen LogP contribution in [0.4, 0.5) is 0 Å². The van der Waals surface area contributed by atoms with Crippen LogP contribution in [0.25, 0.3) is 27.5 Å². The van der Waals surface area contributed by atoms with Gasteiger partial charge in [-0.1, -0.05) is 52.3 Å². The number of pyridine rings is 1. The third-order valence-corrected chi connectivity index (χ3v) is 3.94. The van der Waals surface area contributed by atoms with Gasteiger partial charge >= 0.3 is 0 Å². The lowest BCUT2D eigenvalue weighted by Crippen LogP contribution is -1.87. The molecule has 0 aliphatic heterocycles. The summed E-state index contributed by atoms with van der Waals surface area (Å²) in [6.07, 6.45) is 2.08. The van der Waals surface area contributed by atoms with Crippen LogP contribution >= 0.6 is 15.9 Å². The second kappa shape index (κ2) is 4.46. The highest BCUT2D eigenvalue weighted by atomic mass is 79.9. The van der Waals surface area contributed by atoms with Crippen LogP contribution in [0.1, 0.15) is 0 Å². The first-order valence-electron chi connectivity index (χ1n) is 6.44. The van der Waals surface area contributed by atoms with E-state index in [-0.39, 0.29) is 0 Å². The number of hydrogen-bond donors (Lipinski definition) is 0. The van der Waals surface area contributed by atoms with E-state index in [1.54, 1.807) is 0 Å². The predicted molar refractivity (Wildman–Crippen MR) is 85.8 cm³/mol. The molecule has 2 heterocycles. The van der Waals surface area contributed by atoms with Gasteiger partial charge in [0, 0.05) is 21.6 Å². The van der Waals surface area contributed by atoms with Crippen LogP contribution in [0.15, 0.2) is 71.3 Å². The number of fused-ring (bicyclic) bond motifs is 2. The normalized spacial score (nSPS) is 11.2. The molecule has 20 heavy (non-hydrogen) atoms. The highest BCUT2D eigenvalue weighted by molar-refractivity contribution is 9.10. The Balaban J connectivity index is 1.96. The summed E-state index contributed by atoms with van der Waals surface area (Å²) in [4.78, 5) is 0. The average Bonchev–Trinajstić information content (AvgIpc) is 2.87. The largest absolute Gasteiger partial charge is 0.240 e. The van der Waals surface area contributed by atoms with Crippen molar-refractivity contribution in [1.29, 1.82) is 0 Å². The van der Waals surface area contributed by atoms with Crippen molar-refractivity contribution in [2.45, 2.75) is 0 Å². The van der Waals surface area contributed by atoms with Crippen LogP contribution in [0.5, 0.6) is 0 Å². The molecule has 4 rings (SSSR count). The van der Waals surface area contributed by atoms with Crippen molar-refractivity contribution in [2.24, 2.45) is 0 Å². The quantitative estimate of drug-likeness (QED) is 0.486. The topological polar surface area (TPSA) is 17.3 Å². The van der Waals surface area contributed by atoms with E-state index in [2.05, 4.69) is 69.7 Å². The third-order valence-electron chi connectivity index (χ3n) is 3.45. The fourth-order valence-electron chi connectivity index (χ4n) is 2.46. The second-order valence-corrected chi connectivity index (χ2v) is 5.73. The maximum atomic E-state index is 4.67. The van der Waals surface area contributed by atoms with E-state index in [4.69, 9.17) is 0 Å². The van der Waals surface area contributed by atoms with E-state index in [1.807, 2.05) is 22.7 Å². The molecule has 0 amide bonds. The number of halogens is 1. The maximum absolute atomic E-state index is 4.67. The van der Waals surface area contributed by atoms with E-state index in [9.17, 15) is 0 Å². The smallest absolute Gasteiger partial charge is 0.0934 e. The van der Waals surface area contributed by atoms with Gasteiger partial charge in [-0.3, -0.25) is 0 Å². The zero-order chi connectivity index (χ0) is 13.5. The number of hydrogen-bond acceptors (Lipinski definition) is 1. The molecule has 2 aromatic carbocycles. The molecule has 0 saturated carbocycles. The van der Waals surface area contributed by atoms with E-state index >= 15 is 0 Å². The predicted octanol–water partition coefficient (Wildman–Crippen LogP) is 4.92. The minimum absolute atomic E-state index is 0.988. The summed E-state index contributed by atoms with van der Waals surface area (Å²) >= 11 is 3.50. The van der Waals surface area contributed by atoms with Crippen molar-refractivity contribution in [1.82, 2.24) is 9.61 Å². The molecule has 96 valence electrons. The molecule has 0 radical (unpaired) electrons. The van der Waals surface area contributed by atoms with Gasteiger partial charge in [0.1, 0.15) is 0 Å². The van der Waals surface area contributed by atoms with Crippen molar-refractivity contribution >= 4 is 32.2 Å². The van der Waals surface area contributed by atoms with Crippen LogP contribution in [-0.4, -0.2) is 9.61 Å². The molecule has 0 aliphatic rings. The summed E-state index contributed by atoms with van der Waals surface area (Å²) in [5.74, 6) is 0. The third kappa shape index (κ3) is 1.91. The van der Waals surface area contributed by atoms with E-state index in [1.165, 1.54) is 10.8 Å². The molecule has 2 aromatic heterocycles. The van der Waals surface area contributed by atoms with Crippen LogP contribution < -0.4 is 0 Å². The van der Waals surface area contributed by atoms with E-state index in [0.717, 1.165) is 21.2 Å². The molecular weight excluding hydrogens is 312 g/mol. The van der Waals surface area contributed by atoms with Crippen molar-refractivity contribution in [3.63, 3.8) is 0 Å². The van der Waals surface area contributed by atoms with E-state index < -0.39 is 0 Å². The number of aromatic nitrogens is 2. The van der Waals surface area contributed by atoms with Crippen molar-refractivity contribution in [3.05, 3.63) is 71.3 Å². The first-order chi connectivity index (χ1) is 9.79. The zero-order valence-corrected chi connectivity index (χ0v) is 12.2. The molecule has 0 fully saturated rings. The number of benzene rings is 2. The van der Waals surface area contributed by atoms with Gasteiger partial charge in [-0.15, -0.1) is 0 Å². The second-order valence-electron chi connectivity index (χ2n) is 4.81. The standard InChI is InChI=1S/C17H11BrN2/c18-15-7-3-6-13(8-15)17-10-16-9-12-4-1-2-5-14(12)11-20(16)19-17/h1-11H. The number of rotatable bonds is 1. The fraction of sp³-hybridized carbons (Fsp3) is 0. The van der Waals surface area contributed by atoms with Gasteiger partial charge in [0.15, 0.2) is 0 Å². The Morgan fingerprint density at radius 1 is 0.850 bits per heavy atom. The van der Waals surface area contributed by atoms with Gasteiger partial charge in [-0.05, 0) is 29.7 Å². The molecule has 0 unspecified atom stereocenters. The maximum Gasteiger partial charge on any atom is 0.0934 e. The van der Waals surface area contributed by atoms with Crippen LogP contribution in [0, 0.1) is 0 Å². The average molecular weight is 323 g/mol. The van der Waals surface area contributed by atoms with Gasteiger partial charge in [0.25, 0.3) is 0 Å². The van der Waals surface area contributed by atoms with Gasteiger partial charge in [0.05, 0.1) is 11.2 Å². The lowest BCUT2D eigenvalue weighted by molar-refractivity contribution is 0.974. The summed E-state index contributed by atoms with van der Waals surface area (Å²) in [6, 6.07) is 20.8. The van der Waals surface area contributed by atoms with Crippen molar-refractivity contribution < 1.29 is 0 Å². The van der Waals surface area contributed by atoms with Gasteiger partial charge in [-0.2, -0.15) is 5.10 Å². The molecular formula is C17H11BrN2. The van der Waals surface area contributed by atoms with Gasteiger partial charge < -0.3 is 0 Å². The molecule has 0 atom stereocenters. The molecule has 0 bridgehead atoms. The SMILES string of the molecule is Brc1cccc(-c2cc3cc4ccccc4cn3n2)c1. The molecule has 4 aromatic rings. The fourth-order valence-corrected chi connectivity index (χ4v) is 2.86. The van der Waals surface area contributed by atoms with Crippen molar-refractivity contribution in [3.8, 4) is 11.3 Å². The Morgan fingerprint density at radius 2 is 1.70 bits per heavy atom. The Labute approximate surface area is 124 Å². The van der Waals surface area contributed by atoms with Crippen molar-refractivity contribution in [2.75, 3.05) is 0 Å². The Kier molecular flexibility index (Phi) is 2.60. The summed E-state index contributed by atoms with van der Waals surface area (Å²) in [5, 5.41) is 7.10. The zero-order valence-electron chi connectivity index (χ0n) is 10.6. The lowest BCUT2D eigenvalue weighted by atomic mass is 10.1. The summed E-state index contributed by atoms with van der Waals surface area (Å²) < 4.78 is 3.01. The Bertz CT molecular complexity index is 872. The molecule has 0 aliphatic carbocycles.